The second-order valence-electron chi connectivity index (χ2n) is 30.0. The first kappa shape index (κ1) is 90.2. The number of hydrogen-bond donors (Lipinski definition) is 0. The highest BCUT2D eigenvalue weighted by atomic mass is 79.9. The standard InChI is InChI=1S/C12H15F3.C11H14Br2.C11H14Cl2.C11H15Cl.C11H12F4.C11H16.C10H13Cl.2CH4/c1-8-5-9(11(2,3)4)7-10(6-8)12(13,14)15;2*1-7-5-8(12)6-9(13)10(7)11(2,3)4;1-8-6-5-7-9(12)10(8)11(2,3)4;1-5-6(11(2,3)4)8(13)10(15)9(14)7(5)12;1-9-7-5-6-8-10(9)11(2,3)4;1-10(2,3)8-6-4-5-7-9(8)11;;/h5-7H,1-4H3;2*5-6H,1-4H3;5-7H,1-4H3;1-4H3;5-8H,1-4H3;4-7H,1-3H3;2*1H4. The fourth-order valence-corrected chi connectivity index (χ4v) is 14.2. The summed E-state index contributed by atoms with van der Waals surface area (Å²) in [6.07, 6.45) is -4.26. The summed E-state index contributed by atoms with van der Waals surface area (Å²) in [4.78, 5) is 0. The highest BCUT2D eigenvalue weighted by molar-refractivity contribution is 9.11. The van der Waals surface area contributed by atoms with E-state index in [1.807, 2.05) is 64.1 Å². The van der Waals surface area contributed by atoms with Crippen LogP contribution in [0.3, 0.4) is 0 Å². The molecule has 0 aliphatic heterocycles. The van der Waals surface area contributed by atoms with Crippen molar-refractivity contribution in [2.24, 2.45) is 0 Å². The first-order chi connectivity index (χ1) is 40.4. The topological polar surface area (TPSA) is 0 Å². The van der Waals surface area contributed by atoms with E-state index in [0.717, 1.165) is 30.7 Å². The van der Waals surface area contributed by atoms with Gasteiger partial charge in [-0.1, -0.05) is 305 Å². The molecule has 0 heterocycles. The Hall–Kier alpha value is -3.83. The molecule has 0 bridgehead atoms. The van der Waals surface area contributed by atoms with Crippen LogP contribution in [0.5, 0.6) is 0 Å². The highest BCUT2D eigenvalue weighted by Gasteiger charge is 2.33. The molecule has 7 rings (SSSR count). The minimum absolute atomic E-state index is 0. The minimum atomic E-state index is -4.26. The maximum atomic E-state index is 13.4. The number of halogens is 13. The summed E-state index contributed by atoms with van der Waals surface area (Å²) < 4.78 is 92.3. The lowest BCUT2D eigenvalue weighted by molar-refractivity contribution is -0.137. The molecule has 0 aliphatic rings. The van der Waals surface area contributed by atoms with Crippen LogP contribution in [0.1, 0.15) is 238 Å². The summed E-state index contributed by atoms with van der Waals surface area (Å²) in [7, 11) is 0. The summed E-state index contributed by atoms with van der Waals surface area (Å²) in [5.41, 5.74) is 11.9. The van der Waals surface area contributed by atoms with Gasteiger partial charge in [0.05, 0.1) is 5.56 Å². The molecule has 7 aromatic carbocycles. The molecule has 0 spiro atoms. The van der Waals surface area contributed by atoms with Crippen molar-refractivity contribution in [2.75, 3.05) is 0 Å². The van der Waals surface area contributed by atoms with Crippen LogP contribution in [0.15, 0.2) is 118 Å². The zero-order valence-corrected chi connectivity index (χ0v) is 64.5. The fourth-order valence-electron chi connectivity index (χ4n) is 10.4. The number of rotatable bonds is 0. The van der Waals surface area contributed by atoms with Gasteiger partial charge in [0, 0.05) is 34.6 Å². The smallest absolute Gasteiger partial charge is 0.203 e. The normalized spacial score (nSPS) is 11.7. The highest BCUT2D eigenvalue weighted by Crippen LogP contribution is 2.39. The third-order valence-corrected chi connectivity index (χ3v) is 16.4. The summed E-state index contributed by atoms with van der Waals surface area (Å²) >= 11 is 31.2. The van der Waals surface area contributed by atoms with Crippen LogP contribution in [0.4, 0.5) is 30.7 Å². The number of benzene rings is 7. The molecule has 92 heavy (non-hydrogen) atoms. The van der Waals surface area contributed by atoms with Gasteiger partial charge in [-0.3, -0.25) is 0 Å². The van der Waals surface area contributed by atoms with Crippen molar-refractivity contribution in [3.05, 3.63) is 239 Å². The third kappa shape index (κ3) is 28.5. The molecule has 0 saturated carbocycles. The van der Waals surface area contributed by atoms with Gasteiger partial charge in [0.25, 0.3) is 0 Å². The Bertz CT molecular complexity index is 3230. The average Bonchev–Trinajstić information content (AvgIpc) is 0.787. The van der Waals surface area contributed by atoms with Gasteiger partial charge in [-0.25, -0.2) is 17.6 Å². The maximum absolute atomic E-state index is 13.4. The SMILES string of the molecule is C.C.CC(C)(C)c1ccccc1Cl.Cc1c(F)c(F)c(F)c(F)c1C(C)(C)C.Cc1cc(Br)cc(Br)c1C(C)(C)C.Cc1cc(C(C)(C)C)cc(C(F)(F)F)c1.Cc1cc(Cl)cc(Cl)c1C(C)(C)C.Cc1cccc(Cl)c1C(C)(C)C.Cc1ccccc1C(C)(C)C. The summed E-state index contributed by atoms with van der Waals surface area (Å²) in [6, 6.07) is 34.8. The lowest BCUT2D eigenvalue weighted by Crippen LogP contribution is -2.19. The van der Waals surface area contributed by atoms with Crippen LogP contribution >= 0.6 is 78.3 Å². The van der Waals surface area contributed by atoms with E-state index in [0.29, 0.717) is 10.6 Å². The van der Waals surface area contributed by atoms with E-state index in [1.54, 1.807) is 39.8 Å². The van der Waals surface area contributed by atoms with Crippen molar-refractivity contribution in [1.82, 2.24) is 0 Å². The van der Waals surface area contributed by atoms with Gasteiger partial charge in [-0.15, -0.1) is 0 Å². The zero-order chi connectivity index (χ0) is 70.6. The molecule has 0 saturated heterocycles. The van der Waals surface area contributed by atoms with E-state index in [1.165, 1.54) is 68.0 Å². The molecular formula is C79H107Br2Cl4F7. The van der Waals surface area contributed by atoms with E-state index in [-0.39, 0.29) is 58.5 Å². The van der Waals surface area contributed by atoms with Crippen LogP contribution < -0.4 is 0 Å². The van der Waals surface area contributed by atoms with E-state index < -0.39 is 40.4 Å². The Morgan fingerprint density at radius 3 is 1.08 bits per heavy atom. The largest absolute Gasteiger partial charge is 0.416 e. The average molecular weight is 1490 g/mol. The molecule has 0 nitrogen and oxygen atoms in total. The number of hydrogen-bond acceptors (Lipinski definition) is 0. The van der Waals surface area contributed by atoms with E-state index in [9.17, 15) is 30.7 Å². The first-order valence-corrected chi connectivity index (χ1v) is 33.0. The second kappa shape index (κ2) is 36.0. The van der Waals surface area contributed by atoms with Gasteiger partial charge in [0.15, 0.2) is 23.3 Å². The Balaban J connectivity index is 0. The summed E-state index contributed by atoms with van der Waals surface area (Å²) in [5, 5.41) is 3.20. The molecule has 13 heteroatoms. The molecule has 7 aromatic rings. The van der Waals surface area contributed by atoms with Gasteiger partial charge >= 0.3 is 6.18 Å². The zero-order valence-electron chi connectivity index (χ0n) is 58.3. The van der Waals surface area contributed by atoms with Crippen molar-refractivity contribution in [3.63, 3.8) is 0 Å². The fraction of sp³-hybridized carbons (Fsp3) is 0.468. The van der Waals surface area contributed by atoms with E-state index in [4.69, 9.17) is 46.4 Å². The molecule has 0 atom stereocenters. The van der Waals surface area contributed by atoms with Crippen LogP contribution in [0.2, 0.25) is 20.1 Å². The van der Waals surface area contributed by atoms with Gasteiger partial charge in [-0.2, -0.15) is 13.2 Å². The molecule has 0 unspecified atom stereocenters. The maximum Gasteiger partial charge on any atom is 0.416 e. The lowest BCUT2D eigenvalue weighted by atomic mass is 9.83. The Labute approximate surface area is 589 Å². The molecule has 514 valence electrons. The Morgan fingerprint density at radius 1 is 0.326 bits per heavy atom. The Kier molecular flexibility index (Phi) is 35.3. The minimum Gasteiger partial charge on any atom is -0.203 e. The van der Waals surface area contributed by atoms with Gasteiger partial charge in [0.1, 0.15) is 0 Å². The molecule has 0 radical (unpaired) electrons. The van der Waals surface area contributed by atoms with Crippen molar-refractivity contribution < 1.29 is 30.7 Å². The summed E-state index contributed by atoms with van der Waals surface area (Å²) in [5.74, 6) is -6.13. The van der Waals surface area contributed by atoms with Gasteiger partial charge < -0.3 is 0 Å². The van der Waals surface area contributed by atoms with Gasteiger partial charge in [0.2, 0.25) is 0 Å². The van der Waals surface area contributed by atoms with E-state index >= 15 is 0 Å². The molecular weight excluding hydrogens is 1380 g/mol. The molecule has 0 aromatic heterocycles. The van der Waals surface area contributed by atoms with Crippen molar-refractivity contribution in [1.29, 1.82) is 0 Å². The predicted octanol–water partition coefficient (Wildman–Crippen LogP) is 29.7. The Morgan fingerprint density at radius 2 is 0.717 bits per heavy atom. The second-order valence-corrected chi connectivity index (χ2v) is 33.4. The number of aryl methyl sites for hydroxylation is 5. The van der Waals surface area contributed by atoms with Crippen LogP contribution in [-0.4, -0.2) is 0 Å². The summed E-state index contributed by atoms with van der Waals surface area (Å²) in [6.45, 7) is 54.8. The molecule has 0 fully saturated rings. The van der Waals surface area contributed by atoms with Gasteiger partial charge in [-0.05, 0) is 189 Å². The van der Waals surface area contributed by atoms with Crippen molar-refractivity contribution >= 4 is 78.3 Å². The lowest BCUT2D eigenvalue weighted by Gasteiger charge is -2.23. The first-order valence-electron chi connectivity index (χ1n) is 29.9. The van der Waals surface area contributed by atoms with E-state index in [2.05, 4.69) is 205 Å². The monoisotopic (exact) mass is 1490 g/mol. The van der Waals surface area contributed by atoms with Crippen LogP contribution in [-0.2, 0) is 44.1 Å². The number of alkyl halides is 3. The van der Waals surface area contributed by atoms with Crippen LogP contribution in [0, 0.1) is 64.8 Å². The van der Waals surface area contributed by atoms with Crippen LogP contribution in [0.25, 0.3) is 0 Å². The predicted molar refractivity (Wildman–Crippen MR) is 398 cm³/mol. The quantitative estimate of drug-likeness (QED) is 0.0807. The molecule has 0 N–H and O–H groups in total. The molecule has 0 aliphatic carbocycles. The van der Waals surface area contributed by atoms with Crippen molar-refractivity contribution in [3.8, 4) is 0 Å². The van der Waals surface area contributed by atoms with Crippen molar-refractivity contribution in [2.45, 2.75) is 246 Å². The molecule has 0 amide bonds. The third-order valence-electron chi connectivity index (χ3n) is 14.1.